The van der Waals surface area contributed by atoms with E-state index in [-0.39, 0.29) is 0 Å². The van der Waals surface area contributed by atoms with Crippen molar-refractivity contribution >= 4 is 45.5 Å². The van der Waals surface area contributed by atoms with Gasteiger partial charge in [-0.2, -0.15) is 0 Å². The molecule has 0 spiro atoms. The van der Waals surface area contributed by atoms with E-state index in [0.717, 1.165) is 45.5 Å². The van der Waals surface area contributed by atoms with Crippen molar-refractivity contribution in [2.75, 3.05) is 15.1 Å². The molecule has 0 atom stereocenters. The van der Waals surface area contributed by atoms with Crippen molar-refractivity contribution in [3.8, 4) is 0 Å². The quantitative estimate of drug-likeness (QED) is 0.305. The van der Waals surface area contributed by atoms with Gasteiger partial charge in [0.25, 0.3) is 0 Å². The van der Waals surface area contributed by atoms with E-state index >= 15 is 0 Å². The Morgan fingerprint density at radius 1 is 0.333 bits per heavy atom. The summed E-state index contributed by atoms with van der Waals surface area (Å²) in [6.45, 7) is 0. The first-order valence-electron chi connectivity index (χ1n) is 11.1. The summed E-state index contributed by atoms with van der Waals surface area (Å²) in [5, 5.41) is 3.47. The maximum absolute atomic E-state index is 3.47. The van der Waals surface area contributed by atoms with Gasteiger partial charge in [-0.05, 0) is 72.8 Å². The highest BCUT2D eigenvalue weighted by atomic mass is 15.3. The summed E-state index contributed by atoms with van der Waals surface area (Å²) in [6, 6.07) is 46.6. The van der Waals surface area contributed by atoms with Crippen LogP contribution in [0.5, 0.6) is 0 Å². The van der Waals surface area contributed by atoms with E-state index in [4.69, 9.17) is 0 Å². The van der Waals surface area contributed by atoms with Gasteiger partial charge < -0.3 is 15.1 Å². The lowest BCUT2D eigenvalue weighted by Gasteiger charge is -2.40. The molecule has 1 heterocycles. The van der Waals surface area contributed by atoms with Gasteiger partial charge in [0.2, 0.25) is 0 Å². The molecule has 0 amide bonds. The van der Waals surface area contributed by atoms with E-state index in [1.807, 2.05) is 18.2 Å². The summed E-state index contributed by atoms with van der Waals surface area (Å²) >= 11 is 0. The molecule has 0 unspecified atom stereocenters. The van der Waals surface area contributed by atoms with Gasteiger partial charge >= 0.3 is 0 Å². The van der Waals surface area contributed by atoms with E-state index < -0.39 is 0 Å². The normalized spacial score (nSPS) is 12.1. The molecule has 1 N–H and O–H groups in total. The molecule has 1 aliphatic rings. The molecule has 0 bridgehead atoms. The number of fused-ring (bicyclic) bond motifs is 2. The molecule has 0 saturated carbocycles. The van der Waals surface area contributed by atoms with Crippen LogP contribution in [0.15, 0.2) is 133 Å². The van der Waals surface area contributed by atoms with E-state index in [1.165, 1.54) is 0 Å². The maximum Gasteiger partial charge on any atom is 0.0703 e. The Bertz CT molecular complexity index is 1330. The third kappa shape index (κ3) is 3.50. The second-order valence-electron chi connectivity index (χ2n) is 8.02. The topological polar surface area (TPSA) is 18.5 Å². The predicted octanol–water partition coefficient (Wildman–Crippen LogP) is 8.68. The van der Waals surface area contributed by atoms with Crippen LogP contribution in [0.1, 0.15) is 0 Å². The standard InChI is InChI=1S/C30H23N3/c1-3-11-23(12-4-1)31-24-19-21-26(22-20-24)33-29-17-9-7-15-27(29)32(25-13-5-2-6-14-25)28-16-8-10-18-30(28)33/h1-22,31H. The molecule has 5 aromatic carbocycles. The fourth-order valence-corrected chi connectivity index (χ4v) is 4.46. The Morgan fingerprint density at radius 3 is 1.18 bits per heavy atom. The lowest BCUT2D eigenvalue weighted by Crippen LogP contribution is -2.23. The smallest absolute Gasteiger partial charge is 0.0703 e. The first-order valence-corrected chi connectivity index (χ1v) is 11.1. The van der Waals surface area contributed by atoms with Crippen LogP contribution in [0.3, 0.4) is 0 Å². The molecule has 0 aromatic heterocycles. The average Bonchev–Trinajstić information content (AvgIpc) is 2.89. The number of hydrogen-bond acceptors (Lipinski definition) is 3. The number of anilines is 8. The Labute approximate surface area is 194 Å². The first-order chi connectivity index (χ1) is 16.4. The molecule has 33 heavy (non-hydrogen) atoms. The fraction of sp³-hybridized carbons (Fsp3) is 0. The molecule has 0 fully saturated rings. The highest BCUT2D eigenvalue weighted by Crippen LogP contribution is 2.53. The van der Waals surface area contributed by atoms with Crippen molar-refractivity contribution in [2.24, 2.45) is 0 Å². The summed E-state index contributed by atoms with van der Waals surface area (Å²) < 4.78 is 0. The molecule has 1 aliphatic heterocycles. The van der Waals surface area contributed by atoms with Gasteiger partial charge in [0.15, 0.2) is 0 Å². The molecule has 0 aliphatic carbocycles. The summed E-state index contributed by atoms with van der Waals surface area (Å²) in [6.07, 6.45) is 0. The van der Waals surface area contributed by atoms with Crippen LogP contribution in [-0.2, 0) is 0 Å². The average molecular weight is 426 g/mol. The fourth-order valence-electron chi connectivity index (χ4n) is 4.46. The molecule has 3 nitrogen and oxygen atoms in total. The maximum atomic E-state index is 3.47. The number of nitrogens with one attached hydrogen (secondary N) is 1. The van der Waals surface area contributed by atoms with E-state index in [9.17, 15) is 0 Å². The van der Waals surface area contributed by atoms with Crippen LogP contribution in [0, 0.1) is 0 Å². The number of hydrogen-bond donors (Lipinski definition) is 1. The van der Waals surface area contributed by atoms with Crippen LogP contribution < -0.4 is 15.1 Å². The van der Waals surface area contributed by atoms with Gasteiger partial charge in [-0.15, -0.1) is 0 Å². The van der Waals surface area contributed by atoms with Crippen molar-refractivity contribution in [1.82, 2.24) is 0 Å². The molecule has 0 saturated heterocycles. The summed E-state index contributed by atoms with van der Waals surface area (Å²) in [5.74, 6) is 0. The van der Waals surface area contributed by atoms with Crippen LogP contribution in [0.2, 0.25) is 0 Å². The summed E-state index contributed by atoms with van der Waals surface area (Å²) in [5.41, 5.74) is 9.06. The van der Waals surface area contributed by atoms with E-state index in [1.54, 1.807) is 0 Å². The zero-order chi connectivity index (χ0) is 22.0. The number of rotatable bonds is 4. The SMILES string of the molecule is c1ccc(Nc2ccc(N3c4ccccc4N(c4ccccc4)c4ccccc43)cc2)cc1. The van der Waals surface area contributed by atoms with Crippen molar-refractivity contribution in [1.29, 1.82) is 0 Å². The largest absolute Gasteiger partial charge is 0.356 e. The highest BCUT2D eigenvalue weighted by Gasteiger charge is 2.29. The van der Waals surface area contributed by atoms with Gasteiger partial charge in [-0.3, -0.25) is 0 Å². The van der Waals surface area contributed by atoms with Crippen LogP contribution in [-0.4, -0.2) is 0 Å². The number of benzene rings is 5. The van der Waals surface area contributed by atoms with Crippen LogP contribution in [0.4, 0.5) is 45.5 Å². The zero-order valence-corrected chi connectivity index (χ0v) is 18.1. The molecular weight excluding hydrogens is 402 g/mol. The molecule has 3 heteroatoms. The van der Waals surface area contributed by atoms with Crippen molar-refractivity contribution in [3.63, 3.8) is 0 Å². The van der Waals surface area contributed by atoms with Gasteiger partial charge in [-0.1, -0.05) is 60.7 Å². The lowest BCUT2D eigenvalue weighted by atomic mass is 10.0. The Hall–Kier alpha value is -4.50. The van der Waals surface area contributed by atoms with Crippen molar-refractivity contribution in [3.05, 3.63) is 133 Å². The van der Waals surface area contributed by atoms with Gasteiger partial charge in [0, 0.05) is 22.7 Å². The van der Waals surface area contributed by atoms with E-state index in [2.05, 4.69) is 130 Å². The van der Waals surface area contributed by atoms with Gasteiger partial charge in [0.05, 0.1) is 22.7 Å². The first kappa shape index (κ1) is 19.2. The van der Waals surface area contributed by atoms with Gasteiger partial charge in [-0.25, -0.2) is 0 Å². The Morgan fingerprint density at radius 2 is 0.697 bits per heavy atom. The third-order valence-electron chi connectivity index (χ3n) is 5.93. The molecule has 158 valence electrons. The Kier molecular flexibility index (Phi) is 4.78. The molecule has 0 radical (unpaired) electrons. The molecular formula is C30H23N3. The highest BCUT2D eigenvalue weighted by molar-refractivity contribution is 6.01. The second kappa shape index (κ2) is 8.21. The second-order valence-corrected chi connectivity index (χ2v) is 8.02. The van der Waals surface area contributed by atoms with E-state index in [0.29, 0.717) is 0 Å². The zero-order valence-electron chi connectivity index (χ0n) is 18.1. The van der Waals surface area contributed by atoms with Crippen LogP contribution in [0.25, 0.3) is 0 Å². The number of nitrogens with zero attached hydrogens (tertiary/aromatic N) is 2. The number of para-hydroxylation sites is 6. The minimum atomic E-state index is 1.06. The van der Waals surface area contributed by atoms with Crippen LogP contribution >= 0.6 is 0 Å². The third-order valence-corrected chi connectivity index (χ3v) is 5.93. The monoisotopic (exact) mass is 425 g/mol. The predicted molar refractivity (Wildman–Crippen MR) is 139 cm³/mol. The van der Waals surface area contributed by atoms with Gasteiger partial charge in [0.1, 0.15) is 0 Å². The minimum absolute atomic E-state index is 1.06. The minimum Gasteiger partial charge on any atom is -0.356 e. The molecule has 5 aromatic rings. The molecule has 6 rings (SSSR count). The Balaban J connectivity index is 1.44. The summed E-state index contributed by atoms with van der Waals surface area (Å²) in [7, 11) is 0. The van der Waals surface area contributed by atoms with Crippen molar-refractivity contribution in [2.45, 2.75) is 0 Å². The van der Waals surface area contributed by atoms with Crippen molar-refractivity contribution < 1.29 is 0 Å². The lowest BCUT2D eigenvalue weighted by molar-refractivity contribution is 1.17. The summed E-state index contributed by atoms with van der Waals surface area (Å²) in [4.78, 5) is 4.68.